The van der Waals surface area contributed by atoms with Gasteiger partial charge in [0.05, 0.1) is 16.8 Å². The summed E-state index contributed by atoms with van der Waals surface area (Å²) >= 11 is 3.18. The number of hydrogen-bond donors (Lipinski definition) is 3. The topological polar surface area (TPSA) is 95.5 Å². The maximum absolute atomic E-state index is 12.9. The van der Waals surface area contributed by atoms with Gasteiger partial charge in [-0.15, -0.1) is 0 Å². The van der Waals surface area contributed by atoms with Crippen molar-refractivity contribution in [2.45, 2.75) is 26.2 Å². The second-order valence-corrected chi connectivity index (χ2v) is 9.14. The molecule has 0 saturated carbocycles. The molecule has 0 radical (unpaired) electrons. The first kappa shape index (κ1) is 23.2. The van der Waals surface area contributed by atoms with Crippen molar-refractivity contribution in [2.24, 2.45) is 0 Å². The number of benzene rings is 3. The molecule has 0 aromatic heterocycles. The van der Waals surface area contributed by atoms with Gasteiger partial charge in [0.15, 0.2) is 0 Å². The highest BCUT2D eigenvalue weighted by Crippen LogP contribution is 2.24. The Morgan fingerprint density at radius 2 is 1.47 bits per heavy atom. The minimum atomic E-state index is -1.11. The molecule has 3 rings (SSSR count). The van der Waals surface area contributed by atoms with Crippen LogP contribution in [-0.4, -0.2) is 22.9 Å². The van der Waals surface area contributed by atoms with Crippen LogP contribution in [0.4, 0.5) is 11.4 Å². The van der Waals surface area contributed by atoms with Gasteiger partial charge in [0, 0.05) is 15.7 Å². The summed E-state index contributed by atoms with van der Waals surface area (Å²) in [7, 11) is 0. The summed E-state index contributed by atoms with van der Waals surface area (Å²) in [5.74, 6) is -1.91. The molecule has 0 spiro atoms. The molecule has 7 heteroatoms. The Labute approximate surface area is 194 Å². The fourth-order valence-electron chi connectivity index (χ4n) is 3.07. The van der Waals surface area contributed by atoms with Crippen molar-refractivity contribution in [3.63, 3.8) is 0 Å². The predicted molar refractivity (Wildman–Crippen MR) is 129 cm³/mol. The molecule has 0 aliphatic heterocycles. The molecule has 3 aromatic rings. The minimum absolute atomic E-state index is 0.0206. The third-order valence-electron chi connectivity index (χ3n) is 4.89. The lowest BCUT2D eigenvalue weighted by Crippen LogP contribution is -2.19. The number of carboxylic acids is 1. The standard InChI is InChI=1S/C25H23BrN2O4/c1-25(2,3)16-10-8-15(9-11-16)22(29)28-21-7-5-4-6-18(21)23(30)27-17-12-13-20(26)19(14-17)24(31)32/h4-14H,1-3H3,(H,27,30)(H,28,29)(H,31,32). The lowest BCUT2D eigenvalue weighted by atomic mass is 9.86. The number of nitrogens with one attached hydrogen (secondary N) is 2. The number of para-hydroxylation sites is 1. The van der Waals surface area contributed by atoms with Crippen LogP contribution >= 0.6 is 15.9 Å². The summed E-state index contributed by atoms with van der Waals surface area (Å²) in [4.78, 5) is 36.9. The van der Waals surface area contributed by atoms with Gasteiger partial charge in [-0.25, -0.2) is 4.79 Å². The van der Waals surface area contributed by atoms with Gasteiger partial charge in [-0.2, -0.15) is 0 Å². The molecular formula is C25H23BrN2O4. The predicted octanol–water partition coefficient (Wildman–Crippen LogP) is 5.95. The van der Waals surface area contributed by atoms with Gasteiger partial charge in [0.1, 0.15) is 0 Å². The van der Waals surface area contributed by atoms with E-state index in [9.17, 15) is 19.5 Å². The number of halogens is 1. The van der Waals surface area contributed by atoms with E-state index in [0.29, 0.717) is 21.4 Å². The quantitative estimate of drug-likeness (QED) is 0.408. The zero-order valence-corrected chi connectivity index (χ0v) is 19.5. The van der Waals surface area contributed by atoms with Gasteiger partial charge in [-0.1, -0.05) is 45.0 Å². The summed E-state index contributed by atoms with van der Waals surface area (Å²) in [5, 5.41) is 14.7. The Hall–Kier alpha value is -3.45. The van der Waals surface area contributed by atoms with Gasteiger partial charge >= 0.3 is 5.97 Å². The number of aromatic carboxylic acids is 1. The first-order valence-corrected chi connectivity index (χ1v) is 10.7. The molecule has 3 aromatic carbocycles. The molecular weight excluding hydrogens is 472 g/mol. The Morgan fingerprint density at radius 3 is 2.09 bits per heavy atom. The number of amides is 2. The van der Waals surface area contributed by atoms with E-state index >= 15 is 0 Å². The summed E-state index contributed by atoms with van der Waals surface area (Å²) in [5.41, 5.74) is 2.54. The third kappa shape index (κ3) is 5.42. The van der Waals surface area contributed by atoms with Crippen LogP contribution in [0.5, 0.6) is 0 Å². The second kappa shape index (κ2) is 9.36. The van der Waals surface area contributed by atoms with Crippen LogP contribution in [0.1, 0.15) is 57.4 Å². The van der Waals surface area contributed by atoms with Gasteiger partial charge in [-0.3, -0.25) is 9.59 Å². The van der Waals surface area contributed by atoms with E-state index in [0.717, 1.165) is 5.56 Å². The average molecular weight is 495 g/mol. The van der Waals surface area contributed by atoms with Crippen LogP contribution in [0.25, 0.3) is 0 Å². The number of carbonyl (C=O) groups excluding carboxylic acids is 2. The van der Waals surface area contributed by atoms with Crippen LogP contribution < -0.4 is 10.6 Å². The van der Waals surface area contributed by atoms with E-state index in [2.05, 4.69) is 47.3 Å². The molecule has 0 heterocycles. The number of anilines is 2. The molecule has 164 valence electrons. The Balaban J connectivity index is 1.80. The molecule has 6 nitrogen and oxygen atoms in total. The summed E-state index contributed by atoms with van der Waals surface area (Å²) in [6.07, 6.45) is 0. The monoisotopic (exact) mass is 494 g/mol. The Bertz CT molecular complexity index is 1180. The maximum atomic E-state index is 12.9. The Kier molecular flexibility index (Phi) is 6.79. The molecule has 0 bridgehead atoms. The van der Waals surface area contributed by atoms with E-state index in [4.69, 9.17) is 0 Å². The van der Waals surface area contributed by atoms with E-state index in [1.807, 2.05) is 12.1 Å². The van der Waals surface area contributed by atoms with Gasteiger partial charge in [0.25, 0.3) is 11.8 Å². The van der Waals surface area contributed by atoms with Crippen molar-refractivity contribution < 1.29 is 19.5 Å². The molecule has 32 heavy (non-hydrogen) atoms. The molecule has 2 amide bonds. The molecule has 0 aliphatic rings. The van der Waals surface area contributed by atoms with Crippen molar-refractivity contribution in [3.8, 4) is 0 Å². The lowest BCUT2D eigenvalue weighted by molar-refractivity contribution is 0.0695. The summed E-state index contributed by atoms with van der Waals surface area (Å²) in [6, 6.07) is 18.5. The zero-order valence-electron chi connectivity index (χ0n) is 17.9. The van der Waals surface area contributed by atoms with E-state index in [-0.39, 0.29) is 22.4 Å². The smallest absolute Gasteiger partial charge is 0.336 e. The second-order valence-electron chi connectivity index (χ2n) is 8.28. The van der Waals surface area contributed by atoms with E-state index < -0.39 is 11.9 Å². The summed E-state index contributed by atoms with van der Waals surface area (Å²) in [6.45, 7) is 6.30. The van der Waals surface area contributed by atoms with Gasteiger partial charge in [-0.05, 0) is 69.4 Å². The largest absolute Gasteiger partial charge is 0.478 e. The van der Waals surface area contributed by atoms with Crippen LogP contribution in [0, 0.1) is 0 Å². The molecule has 0 aliphatic carbocycles. The van der Waals surface area contributed by atoms with Crippen LogP contribution in [-0.2, 0) is 5.41 Å². The lowest BCUT2D eigenvalue weighted by Gasteiger charge is -2.19. The zero-order chi connectivity index (χ0) is 23.5. The van der Waals surface area contributed by atoms with Gasteiger partial charge < -0.3 is 15.7 Å². The third-order valence-corrected chi connectivity index (χ3v) is 5.58. The molecule has 0 unspecified atom stereocenters. The van der Waals surface area contributed by atoms with Gasteiger partial charge in [0.2, 0.25) is 0 Å². The fraction of sp³-hybridized carbons (Fsp3) is 0.160. The normalized spacial score (nSPS) is 11.0. The Morgan fingerprint density at radius 1 is 0.812 bits per heavy atom. The number of carbonyl (C=O) groups is 3. The van der Waals surface area contributed by atoms with E-state index in [1.165, 1.54) is 6.07 Å². The number of rotatable bonds is 5. The van der Waals surface area contributed by atoms with Crippen molar-refractivity contribution in [1.82, 2.24) is 0 Å². The number of hydrogen-bond acceptors (Lipinski definition) is 3. The number of carboxylic acid groups (broad SMARTS) is 1. The summed E-state index contributed by atoms with van der Waals surface area (Å²) < 4.78 is 0.410. The van der Waals surface area contributed by atoms with Crippen LogP contribution in [0.2, 0.25) is 0 Å². The molecule has 3 N–H and O–H groups in total. The SMILES string of the molecule is CC(C)(C)c1ccc(C(=O)Nc2ccccc2C(=O)Nc2ccc(Br)c(C(=O)O)c2)cc1. The van der Waals surface area contributed by atoms with Crippen LogP contribution in [0.3, 0.4) is 0 Å². The highest BCUT2D eigenvalue weighted by atomic mass is 79.9. The van der Waals surface area contributed by atoms with Crippen molar-refractivity contribution >= 4 is 45.1 Å². The molecule has 0 fully saturated rings. The highest BCUT2D eigenvalue weighted by Gasteiger charge is 2.17. The van der Waals surface area contributed by atoms with Crippen molar-refractivity contribution in [2.75, 3.05) is 10.6 Å². The maximum Gasteiger partial charge on any atom is 0.336 e. The fourth-order valence-corrected chi connectivity index (χ4v) is 3.49. The minimum Gasteiger partial charge on any atom is -0.478 e. The first-order chi connectivity index (χ1) is 15.1. The first-order valence-electron chi connectivity index (χ1n) is 9.91. The van der Waals surface area contributed by atoms with E-state index in [1.54, 1.807) is 48.5 Å². The molecule has 0 atom stereocenters. The average Bonchev–Trinajstić information content (AvgIpc) is 2.74. The van der Waals surface area contributed by atoms with Crippen molar-refractivity contribution in [1.29, 1.82) is 0 Å². The highest BCUT2D eigenvalue weighted by molar-refractivity contribution is 9.10. The van der Waals surface area contributed by atoms with Crippen LogP contribution in [0.15, 0.2) is 71.2 Å². The molecule has 0 saturated heterocycles. The van der Waals surface area contributed by atoms with Crippen molar-refractivity contribution in [3.05, 3.63) is 93.5 Å².